The lowest BCUT2D eigenvalue weighted by Gasteiger charge is -2.01. The van der Waals surface area contributed by atoms with E-state index in [9.17, 15) is 25.1 Å². The molecule has 0 aliphatic carbocycles. The highest BCUT2D eigenvalue weighted by Crippen LogP contribution is 2.31. The first-order chi connectivity index (χ1) is 10.4. The average Bonchev–Trinajstić information content (AvgIpc) is 2.87. The summed E-state index contributed by atoms with van der Waals surface area (Å²) in [6.45, 7) is 1.67. The number of carbonyl (C=O) groups excluding carboxylic acids is 1. The minimum absolute atomic E-state index is 0.0413. The molecule has 0 bridgehead atoms. The molecule has 9 nitrogen and oxygen atoms in total. The number of aromatic hydroxyl groups is 2. The Bertz CT molecular complexity index is 765. The number of benzene rings is 1. The van der Waals surface area contributed by atoms with Crippen LogP contribution >= 0.6 is 0 Å². The smallest absolute Gasteiger partial charge is 0.311 e. The van der Waals surface area contributed by atoms with Crippen LogP contribution in [0.1, 0.15) is 21.9 Å². The number of amides is 1. The van der Waals surface area contributed by atoms with Gasteiger partial charge in [0.15, 0.2) is 11.5 Å². The summed E-state index contributed by atoms with van der Waals surface area (Å²) in [7, 11) is 0. The van der Waals surface area contributed by atoms with Crippen molar-refractivity contribution in [1.29, 1.82) is 0 Å². The maximum Gasteiger partial charge on any atom is 0.311 e. The number of rotatable bonds is 4. The zero-order chi connectivity index (χ0) is 16.3. The van der Waals surface area contributed by atoms with Crippen LogP contribution < -0.4 is 5.43 Å². The van der Waals surface area contributed by atoms with Crippen molar-refractivity contribution in [2.75, 3.05) is 0 Å². The van der Waals surface area contributed by atoms with Gasteiger partial charge in [-0.25, -0.2) is 5.43 Å². The summed E-state index contributed by atoms with van der Waals surface area (Å²) < 4.78 is 5.08. The van der Waals surface area contributed by atoms with E-state index in [-0.39, 0.29) is 11.3 Å². The van der Waals surface area contributed by atoms with Crippen LogP contribution in [0.4, 0.5) is 5.69 Å². The van der Waals surface area contributed by atoms with Crippen LogP contribution in [0.2, 0.25) is 0 Å². The molecule has 0 atom stereocenters. The SMILES string of the molecule is Cc1ccc(C(=O)NN=Cc2cc([N+](=O)[O-])c(O)cc2O)o1. The minimum atomic E-state index is -0.809. The summed E-state index contributed by atoms with van der Waals surface area (Å²) in [5, 5.41) is 33.2. The van der Waals surface area contributed by atoms with Gasteiger partial charge in [0.1, 0.15) is 11.5 Å². The third-order valence-electron chi connectivity index (χ3n) is 2.65. The molecule has 114 valence electrons. The Morgan fingerprint density at radius 3 is 2.68 bits per heavy atom. The van der Waals surface area contributed by atoms with E-state index in [0.717, 1.165) is 18.3 Å². The minimum Gasteiger partial charge on any atom is -0.507 e. The molecule has 0 saturated heterocycles. The number of hydrazone groups is 1. The number of nitrogens with zero attached hydrogens (tertiary/aromatic N) is 2. The van der Waals surface area contributed by atoms with Gasteiger partial charge in [-0.05, 0) is 19.1 Å². The number of hydrogen-bond acceptors (Lipinski definition) is 7. The first kappa shape index (κ1) is 15.0. The van der Waals surface area contributed by atoms with Crippen LogP contribution in [0.5, 0.6) is 11.5 Å². The quantitative estimate of drug-likeness (QED) is 0.446. The molecule has 1 aromatic heterocycles. The van der Waals surface area contributed by atoms with Crippen LogP contribution in [0, 0.1) is 17.0 Å². The zero-order valence-electron chi connectivity index (χ0n) is 11.3. The summed E-state index contributed by atoms with van der Waals surface area (Å²) in [6.07, 6.45) is 1.01. The predicted octanol–water partition coefficient (Wildman–Crippen LogP) is 1.67. The lowest BCUT2D eigenvalue weighted by atomic mass is 10.2. The van der Waals surface area contributed by atoms with Crippen molar-refractivity contribution in [3.8, 4) is 11.5 Å². The van der Waals surface area contributed by atoms with Gasteiger partial charge in [-0.15, -0.1) is 0 Å². The van der Waals surface area contributed by atoms with Crippen molar-refractivity contribution in [2.24, 2.45) is 5.10 Å². The Balaban J connectivity index is 2.15. The van der Waals surface area contributed by atoms with Gasteiger partial charge in [0.05, 0.1) is 11.1 Å². The second kappa shape index (κ2) is 5.95. The number of phenols is 2. The van der Waals surface area contributed by atoms with E-state index in [0.29, 0.717) is 5.76 Å². The van der Waals surface area contributed by atoms with Crippen molar-refractivity contribution in [2.45, 2.75) is 6.92 Å². The Kier molecular flexibility index (Phi) is 4.07. The largest absolute Gasteiger partial charge is 0.507 e. The second-order valence-electron chi connectivity index (χ2n) is 4.27. The number of nitro benzene ring substituents is 1. The highest BCUT2D eigenvalue weighted by atomic mass is 16.6. The Morgan fingerprint density at radius 2 is 2.09 bits per heavy atom. The van der Waals surface area contributed by atoms with Gasteiger partial charge in [0.25, 0.3) is 0 Å². The molecule has 0 saturated carbocycles. The average molecular weight is 305 g/mol. The molecule has 0 unspecified atom stereocenters. The normalized spacial score (nSPS) is 10.8. The van der Waals surface area contributed by atoms with Crippen LogP contribution in [-0.2, 0) is 0 Å². The van der Waals surface area contributed by atoms with E-state index in [1.807, 2.05) is 0 Å². The van der Waals surface area contributed by atoms with Gasteiger partial charge < -0.3 is 14.6 Å². The van der Waals surface area contributed by atoms with Crippen molar-refractivity contribution < 1.29 is 24.3 Å². The highest BCUT2D eigenvalue weighted by Gasteiger charge is 2.16. The third kappa shape index (κ3) is 3.20. The van der Waals surface area contributed by atoms with Crippen molar-refractivity contribution in [1.82, 2.24) is 5.43 Å². The molecule has 2 rings (SSSR count). The topological polar surface area (TPSA) is 138 Å². The maximum absolute atomic E-state index is 11.6. The number of carbonyl (C=O) groups is 1. The molecule has 0 radical (unpaired) electrons. The highest BCUT2D eigenvalue weighted by molar-refractivity contribution is 5.93. The van der Waals surface area contributed by atoms with Gasteiger partial charge in [0, 0.05) is 17.7 Å². The summed E-state index contributed by atoms with van der Waals surface area (Å²) >= 11 is 0. The van der Waals surface area contributed by atoms with E-state index in [2.05, 4.69) is 10.5 Å². The van der Waals surface area contributed by atoms with Gasteiger partial charge in [-0.3, -0.25) is 14.9 Å². The first-order valence-electron chi connectivity index (χ1n) is 5.98. The molecule has 1 heterocycles. The third-order valence-corrected chi connectivity index (χ3v) is 2.65. The lowest BCUT2D eigenvalue weighted by molar-refractivity contribution is -0.385. The zero-order valence-corrected chi connectivity index (χ0v) is 11.3. The summed E-state index contributed by atoms with van der Waals surface area (Å²) in [6, 6.07) is 4.81. The molecule has 0 aliphatic rings. The standard InChI is InChI=1S/C13H11N3O6/c1-7-2-3-12(22-7)13(19)15-14-6-8-4-9(16(20)21)11(18)5-10(8)17/h2-6,17-18H,1H3,(H,15,19). The molecular weight excluding hydrogens is 294 g/mol. The van der Waals surface area contributed by atoms with Crippen molar-refractivity contribution >= 4 is 17.8 Å². The van der Waals surface area contributed by atoms with Gasteiger partial charge in [-0.2, -0.15) is 5.10 Å². The molecule has 0 fully saturated rings. The molecule has 3 N–H and O–H groups in total. The first-order valence-corrected chi connectivity index (χ1v) is 5.98. The van der Waals surface area contributed by atoms with Crippen molar-refractivity contribution in [3.05, 3.63) is 51.5 Å². The predicted molar refractivity (Wildman–Crippen MR) is 74.9 cm³/mol. The van der Waals surface area contributed by atoms with Crippen LogP contribution in [0.3, 0.4) is 0 Å². The molecule has 1 aromatic carbocycles. The number of aryl methyl sites for hydroxylation is 1. The summed E-state index contributed by atoms with van der Waals surface area (Å²) in [5.41, 5.74) is 1.51. The van der Waals surface area contributed by atoms with Gasteiger partial charge >= 0.3 is 11.6 Å². The summed E-state index contributed by atoms with van der Waals surface area (Å²) in [4.78, 5) is 21.5. The number of nitro groups is 1. The van der Waals surface area contributed by atoms with Crippen LogP contribution in [0.15, 0.2) is 33.8 Å². The van der Waals surface area contributed by atoms with E-state index in [1.54, 1.807) is 13.0 Å². The van der Waals surface area contributed by atoms with E-state index in [4.69, 9.17) is 4.42 Å². The van der Waals surface area contributed by atoms with Gasteiger partial charge in [0.2, 0.25) is 0 Å². The summed E-state index contributed by atoms with van der Waals surface area (Å²) in [5.74, 6) is -1.10. The van der Waals surface area contributed by atoms with E-state index >= 15 is 0 Å². The Hall–Kier alpha value is -3.36. The number of furan rings is 1. The van der Waals surface area contributed by atoms with Crippen LogP contribution in [0.25, 0.3) is 0 Å². The fraction of sp³-hybridized carbons (Fsp3) is 0.0769. The molecule has 22 heavy (non-hydrogen) atoms. The molecule has 2 aromatic rings. The van der Waals surface area contributed by atoms with Gasteiger partial charge in [-0.1, -0.05) is 0 Å². The van der Waals surface area contributed by atoms with E-state index in [1.165, 1.54) is 6.07 Å². The Morgan fingerprint density at radius 1 is 1.36 bits per heavy atom. The number of hydrogen-bond donors (Lipinski definition) is 3. The second-order valence-corrected chi connectivity index (χ2v) is 4.27. The number of phenolic OH excluding ortho intramolecular Hbond substituents is 2. The Labute approximate surface area is 123 Å². The fourth-order valence-electron chi connectivity index (χ4n) is 1.60. The molecular formula is C13H11N3O6. The van der Waals surface area contributed by atoms with Crippen LogP contribution in [-0.4, -0.2) is 27.3 Å². The van der Waals surface area contributed by atoms with Crippen molar-refractivity contribution in [3.63, 3.8) is 0 Å². The molecule has 9 heteroatoms. The van der Waals surface area contributed by atoms with E-state index < -0.39 is 28.0 Å². The maximum atomic E-state index is 11.6. The monoisotopic (exact) mass is 305 g/mol. The molecule has 0 spiro atoms. The molecule has 1 amide bonds. The molecule has 0 aliphatic heterocycles. The number of nitrogens with one attached hydrogen (secondary N) is 1. The fourth-order valence-corrected chi connectivity index (χ4v) is 1.60. The lowest BCUT2D eigenvalue weighted by Crippen LogP contribution is -2.16.